The summed E-state index contributed by atoms with van der Waals surface area (Å²) >= 11 is 18.2. The molecule has 0 nitrogen and oxygen atoms in total. The van der Waals surface area contributed by atoms with E-state index in [4.69, 9.17) is 0 Å². The van der Waals surface area contributed by atoms with Crippen LogP contribution in [0.3, 0.4) is 0 Å². The van der Waals surface area contributed by atoms with Crippen molar-refractivity contribution in [2.24, 2.45) is 0 Å². The Balaban J connectivity index is 2.22. The molecule has 0 amide bonds. The second kappa shape index (κ2) is 8.92. The van der Waals surface area contributed by atoms with E-state index < -0.39 is 0 Å². The monoisotopic (exact) mass is 580 g/mol. The van der Waals surface area contributed by atoms with Gasteiger partial charge in [0.05, 0.1) is 0 Å². The molecule has 0 unspecified atom stereocenters. The lowest BCUT2D eigenvalue weighted by Gasteiger charge is -2.21. The first-order chi connectivity index (χ1) is 8.81. The maximum atomic E-state index is 3.79. The highest BCUT2D eigenvalue weighted by atomic mass is 80.0. The maximum Gasteiger partial charge on any atom is 0.135 e. The van der Waals surface area contributed by atoms with Gasteiger partial charge in [0.1, 0.15) is 5.38 Å². The molecule has 0 saturated heterocycles. The van der Waals surface area contributed by atoms with Crippen LogP contribution in [-0.2, 0) is 3.23 Å². The normalized spacial score (nSPS) is 12.7. The summed E-state index contributed by atoms with van der Waals surface area (Å²) in [6.45, 7) is 0. The van der Waals surface area contributed by atoms with Crippen LogP contribution < -0.4 is 0 Å². The van der Waals surface area contributed by atoms with Crippen molar-refractivity contribution in [1.29, 1.82) is 0 Å². The molecule has 0 aliphatic rings. The van der Waals surface area contributed by atoms with E-state index in [0.29, 0.717) is 0 Å². The van der Waals surface area contributed by atoms with E-state index in [2.05, 4.69) is 104 Å². The van der Waals surface area contributed by atoms with Crippen molar-refractivity contribution in [2.45, 2.75) is 43.9 Å². The number of unbranched alkanes of at least 4 members (excludes halogenated alkanes) is 3. The van der Waals surface area contributed by atoms with Gasteiger partial charge >= 0.3 is 0 Å². The highest BCUT2D eigenvalue weighted by molar-refractivity contribution is 9.39. The van der Waals surface area contributed by atoms with Crippen molar-refractivity contribution in [3.8, 4) is 0 Å². The van der Waals surface area contributed by atoms with Gasteiger partial charge < -0.3 is 0 Å². The zero-order valence-corrected chi connectivity index (χ0v) is 18.4. The van der Waals surface area contributed by atoms with Gasteiger partial charge in [0.25, 0.3) is 0 Å². The molecule has 0 bridgehead atoms. The SMILES string of the molecule is BrC(Br)(Br)CCCCCCC(Br)(Br)c1ccccc1. The number of hydrogen-bond acceptors (Lipinski definition) is 0. The van der Waals surface area contributed by atoms with Crippen LogP contribution >= 0.6 is 79.6 Å². The molecule has 0 fully saturated rings. The van der Waals surface area contributed by atoms with Gasteiger partial charge in [0.15, 0.2) is 0 Å². The van der Waals surface area contributed by atoms with Crippen molar-refractivity contribution in [3.05, 3.63) is 35.9 Å². The van der Waals surface area contributed by atoms with Crippen LogP contribution in [0.4, 0.5) is 0 Å². The third-order valence-corrected chi connectivity index (χ3v) is 5.80. The standard InChI is InChI=1S/C14H17Br5/c15-13(16,12-8-4-3-5-9-12)10-6-1-2-7-11-14(17,18)19/h3-5,8-9H,1-2,6-7,10-11H2. The molecule has 1 aromatic carbocycles. The van der Waals surface area contributed by atoms with Crippen molar-refractivity contribution in [3.63, 3.8) is 0 Å². The third-order valence-electron chi connectivity index (χ3n) is 2.90. The molecule has 0 spiro atoms. The molecular weight excluding hydrogens is 568 g/mol. The summed E-state index contributed by atoms with van der Waals surface area (Å²) in [5.74, 6) is 0. The Morgan fingerprint density at radius 1 is 0.684 bits per heavy atom. The van der Waals surface area contributed by atoms with Gasteiger partial charge in [-0.2, -0.15) is 0 Å². The van der Waals surface area contributed by atoms with Crippen LogP contribution in [0.5, 0.6) is 0 Å². The van der Waals surface area contributed by atoms with E-state index in [-0.39, 0.29) is 5.38 Å². The highest BCUT2D eigenvalue weighted by Crippen LogP contribution is 2.43. The minimum atomic E-state index is -0.0781. The van der Waals surface area contributed by atoms with Crippen molar-refractivity contribution < 1.29 is 0 Å². The Morgan fingerprint density at radius 3 is 1.74 bits per heavy atom. The van der Waals surface area contributed by atoms with Gasteiger partial charge in [-0.25, -0.2) is 0 Å². The number of rotatable bonds is 7. The summed E-state index contributed by atoms with van der Waals surface area (Å²) in [7, 11) is 0. The smallest absolute Gasteiger partial charge is 0.0674 e. The number of hydrogen-bond donors (Lipinski definition) is 0. The molecule has 1 aromatic rings. The van der Waals surface area contributed by atoms with Gasteiger partial charge in [-0.1, -0.05) is 136 Å². The van der Waals surface area contributed by atoms with Crippen molar-refractivity contribution >= 4 is 79.6 Å². The second-order valence-electron chi connectivity index (χ2n) is 4.60. The van der Waals surface area contributed by atoms with Crippen LogP contribution in [0.1, 0.15) is 44.1 Å². The summed E-state index contributed by atoms with van der Waals surface area (Å²) in [5.41, 5.74) is 1.29. The molecule has 19 heavy (non-hydrogen) atoms. The maximum absolute atomic E-state index is 3.79. The molecule has 0 heterocycles. The molecule has 5 heteroatoms. The summed E-state index contributed by atoms with van der Waals surface area (Å²) < 4.78 is -0.156. The Kier molecular flexibility index (Phi) is 8.76. The highest BCUT2D eigenvalue weighted by Gasteiger charge is 2.24. The fourth-order valence-corrected chi connectivity index (χ4v) is 3.78. The van der Waals surface area contributed by atoms with Crippen molar-refractivity contribution in [2.75, 3.05) is 0 Å². The second-order valence-corrected chi connectivity index (χ2v) is 15.6. The zero-order chi connectivity index (χ0) is 14.4. The minimum Gasteiger partial charge on any atom is -0.0674 e. The Bertz CT molecular complexity index is 356. The van der Waals surface area contributed by atoms with E-state index >= 15 is 0 Å². The molecule has 108 valence electrons. The van der Waals surface area contributed by atoms with Gasteiger partial charge in [-0.15, -0.1) is 0 Å². The lowest BCUT2D eigenvalue weighted by atomic mass is 10.0. The van der Waals surface area contributed by atoms with E-state index in [1.165, 1.54) is 31.2 Å². The molecule has 0 atom stereocenters. The molecule has 0 N–H and O–H groups in total. The van der Waals surface area contributed by atoms with Crippen LogP contribution in [0, 0.1) is 0 Å². The lowest BCUT2D eigenvalue weighted by molar-refractivity contribution is 0.594. The molecule has 0 aliphatic heterocycles. The Labute approximate surface area is 158 Å². The lowest BCUT2D eigenvalue weighted by Crippen LogP contribution is -2.08. The Morgan fingerprint density at radius 2 is 1.21 bits per heavy atom. The van der Waals surface area contributed by atoms with E-state index in [1.807, 2.05) is 6.07 Å². The summed E-state index contributed by atoms with van der Waals surface area (Å²) in [4.78, 5) is 0. The van der Waals surface area contributed by atoms with Crippen LogP contribution in [0.2, 0.25) is 0 Å². The number of benzene rings is 1. The molecule has 0 aromatic heterocycles. The predicted octanol–water partition coefficient (Wildman–Crippen LogP) is 7.81. The van der Waals surface area contributed by atoms with Gasteiger partial charge in [0.2, 0.25) is 0 Å². The summed E-state index contributed by atoms with van der Waals surface area (Å²) in [5, 5.41) is 0. The molecule has 1 rings (SSSR count). The molecule has 0 radical (unpaired) electrons. The average molecular weight is 585 g/mol. The van der Waals surface area contributed by atoms with Crippen LogP contribution in [0.15, 0.2) is 30.3 Å². The molecule has 0 saturated carbocycles. The first-order valence-electron chi connectivity index (χ1n) is 6.31. The zero-order valence-electron chi connectivity index (χ0n) is 10.5. The molecule has 0 aliphatic carbocycles. The van der Waals surface area contributed by atoms with Crippen LogP contribution in [-0.4, -0.2) is 2.14 Å². The summed E-state index contributed by atoms with van der Waals surface area (Å²) in [6, 6.07) is 10.5. The fraction of sp³-hybridized carbons (Fsp3) is 0.571. The average Bonchev–Trinajstić information content (AvgIpc) is 2.33. The van der Waals surface area contributed by atoms with Gasteiger partial charge in [-0.3, -0.25) is 0 Å². The van der Waals surface area contributed by atoms with E-state index in [0.717, 1.165) is 12.8 Å². The predicted molar refractivity (Wildman–Crippen MR) is 103 cm³/mol. The quantitative estimate of drug-likeness (QED) is 0.227. The number of halogens is 5. The van der Waals surface area contributed by atoms with Gasteiger partial charge in [0, 0.05) is 0 Å². The van der Waals surface area contributed by atoms with E-state index in [9.17, 15) is 0 Å². The minimum absolute atomic E-state index is 0.0777. The Hall–Kier alpha value is 1.62. The first-order valence-corrected chi connectivity index (χ1v) is 10.3. The fourth-order valence-electron chi connectivity index (χ4n) is 1.85. The van der Waals surface area contributed by atoms with Gasteiger partial charge in [-0.05, 0) is 18.4 Å². The largest absolute Gasteiger partial charge is 0.135 e. The molecular formula is C14H17Br5. The van der Waals surface area contributed by atoms with Crippen LogP contribution in [0.25, 0.3) is 0 Å². The third kappa shape index (κ3) is 8.60. The van der Waals surface area contributed by atoms with Crippen molar-refractivity contribution in [1.82, 2.24) is 0 Å². The van der Waals surface area contributed by atoms with E-state index in [1.54, 1.807) is 0 Å². The first kappa shape index (κ1) is 18.7. The summed E-state index contributed by atoms with van der Waals surface area (Å²) in [6.07, 6.45) is 7.12. The number of alkyl halides is 5. The topological polar surface area (TPSA) is 0 Å².